The van der Waals surface area contributed by atoms with Gasteiger partial charge >= 0.3 is 0 Å². The summed E-state index contributed by atoms with van der Waals surface area (Å²) in [6.45, 7) is 3.02. The van der Waals surface area contributed by atoms with Gasteiger partial charge in [0.1, 0.15) is 0 Å². The van der Waals surface area contributed by atoms with Crippen LogP contribution in [0, 0.1) is 0 Å². The van der Waals surface area contributed by atoms with Crippen molar-refractivity contribution in [3.05, 3.63) is 65.9 Å². The second-order valence-corrected chi connectivity index (χ2v) is 7.01. The van der Waals surface area contributed by atoms with Crippen molar-refractivity contribution in [3.8, 4) is 0 Å². The SMILES string of the molecule is CCc1cc2c(SC(=O)N(C)C)cccc2n1Cc1ccccc1. The Labute approximate surface area is 147 Å². The third-order valence-corrected chi connectivity index (χ3v) is 5.22. The number of benzene rings is 2. The van der Waals surface area contributed by atoms with E-state index in [9.17, 15) is 4.79 Å². The summed E-state index contributed by atoms with van der Waals surface area (Å²) >= 11 is 1.29. The van der Waals surface area contributed by atoms with Gasteiger partial charge < -0.3 is 9.47 Å². The van der Waals surface area contributed by atoms with Gasteiger partial charge in [-0.15, -0.1) is 0 Å². The molecule has 0 atom stereocenters. The lowest BCUT2D eigenvalue weighted by molar-refractivity contribution is 0.241. The summed E-state index contributed by atoms with van der Waals surface area (Å²) in [4.78, 5) is 14.7. The second-order valence-electron chi connectivity index (χ2n) is 6.01. The summed E-state index contributed by atoms with van der Waals surface area (Å²) in [5.41, 5.74) is 3.76. The second kappa shape index (κ2) is 7.14. The number of rotatable bonds is 4. The predicted molar refractivity (Wildman–Crippen MR) is 102 cm³/mol. The zero-order valence-electron chi connectivity index (χ0n) is 14.3. The van der Waals surface area contributed by atoms with E-state index in [1.54, 1.807) is 19.0 Å². The topological polar surface area (TPSA) is 25.2 Å². The maximum Gasteiger partial charge on any atom is 0.285 e. The van der Waals surface area contributed by atoms with E-state index in [1.165, 1.54) is 28.5 Å². The quantitative estimate of drug-likeness (QED) is 0.624. The first-order valence-electron chi connectivity index (χ1n) is 8.14. The molecule has 0 saturated heterocycles. The summed E-state index contributed by atoms with van der Waals surface area (Å²) in [5.74, 6) is 0. The van der Waals surface area contributed by atoms with Gasteiger partial charge in [0.2, 0.25) is 0 Å². The van der Waals surface area contributed by atoms with Crippen LogP contribution in [0.25, 0.3) is 10.9 Å². The van der Waals surface area contributed by atoms with Crippen LogP contribution in [0.2, 0.25) is 0 Å². The third-order valence-electron chi connectivity index (χ3n) is 4.10. The molecule has 24 heavy (non-hydrogen) atoms. The van der Waals surface area contributed by atoms with Gasteiger partial charge in [0.15, 0.2) is 0 Å². The van der Waals surface area contributed by atoms with Gasteiger partial charge in [-0.2, -0.15) is 0 Å². The minimum Gasteiger partial charge on any atom is -0.340 e. The zero-order chi connectivity index (χ0) is 17.1. The number of hydrogen-bond donors (Lipinski definition) is 0. The van der Waals surface area contributed by atoms with Crippen LogP contribution in [0.1, 0.15) is 18.2 Å². The van der Waals surface area contributed by atoms with E-state index in [1.807, 2.05) is 18.2 Å². The number of aryl methyl sites for hydroxylation is 1. The smallest absolute Gasteiger partial charge is 0.285 e. The Morgan fingerprint density at radius 1 is 1.08 bits per heavy atom. The molecule has 0 saturated carbocycles. The standard InChI is InChI=1S/C20H22N2OS/c1-4-16-13-17-18(22(16)14-15-9-6-5-7-10-15)11-8-12-19(17)24-20(23)21(2)3/h5-13H,4,14H2,1-3H3. The highest BCUT2D eigenvalue weighted by Gasteiger charge is 2.14. The minimum absolute atomic E-state index is 0.0522. The van der Waals surface area contributed by atoms with E-state index in [4.69, 9.17) is 0 Å². The Bertz CT molecular complexity index is 853. The first-order chi connectivity index (χ1) is 11.6. The van der Waals surface area contributed by atoms with Crippen LogP contribution in [0.3, 0.4) is 0 Å². The number of fused-ring (bicyclic) bond motifs is 1. The van der Waals surface area contributed by atoms with E-state index in [2.05, 4.69) is 47.9 Å². The molecule has 2 aromatic carbocycles. The molecule has 1 aromatic heterocycles. The molecular formula is C20H22N2OS. The monoisotopic (exact) mass is 338 g/mol. The molecule has 1 heterocycles. The van der Waals surface area contributed by atoms with Crippen molar-refractivity contribution in [3.63, 3.8) is 0 Å². The minimum atomic E-state index is 0.0522. The molecule has 0 unspecified atom stereocenters. The van der Waals surface area contributed by atoms with Crippen LogP contribution >= 0.6 is 11.8 Å². The van der Waals surface area contributed by atoms with E-state index in [0.717, 1.165) is 23.2 Å². The average Bonchev–Trinajstić information content (AvgIpc) is 2.94. The molecule has 0 N–H and O–H groups in total. The van der Waals surface area contributed by atoms with E-state index in [-0.39, 0.29) is 5.24 Å². The lowest BCUT2D eigenvalue weighted by Gasteiger charge is -2.11. The largest absolute Gasteiger partial charge is 0.340 e. The number of aromatic nitrogens is 1. The molecule has 0 aliphatic heterocycles. The first-order valence-corrected chi connectivity index (χ1v) is 8.96. The number of thioether (sulfide) groups is 1. The molecule has 0 radical (unpaired) electrons. The normalized spacial score (nSPS) is 11.0. The Kier molecular flexibility index (Phi) is 4.95. The van der Waals surface area contributed by atoms with E-state index in [0.29, 0.717) is 0 Å². The average molecular weight is 338 g/mol. The molecule has 3 nitrogen and oxygen atoms in total. The van der Waals surface area contributed by atoms with E-state index < -0.39 is 0 Å². The van der Waals surface area contributed by atoms with Crippen LogP contribution in [0.5, 0.6) is 0 Å². The Balaban J connectivity index is 2.05. The number of amides is 1. The van der Waals surface area contributed by atoms with Crippen molar-refractivity contribution in [2.75, 3.05) is 14.1 Å². The number of hydrogen-bond acceptors (Lipinski definition) is 2. The lowest BCUT2D eigenvalue weighted by Crippen LogP contribution is -2.16. The highest BCUT2D eigenvalue weighted by Crippen LogP contribution is 2.32. The molecule has 0 fully saturated rings. The Hall–Kier alpha value is -2.20. The molecule has 0 aliphatic rings. The lowest BCUT2D eigenvalue weighted by atomic mass is 10.2. The van der Waals surface area contributed by atoms with Crippen molar-refractivity contribution < 1.29 is 4.79 Å². The molecule has 0 bridgehead atoms. The Morgan fingerprint density at radius 3 is 2.50 bits per heavy atom. The van der Waals surface area contributed by atoms with Gasteiger partial charge in [-0.25, -0.2) is 0 Å². The van der Waals surface area contributed by atoms with Crippen LogP contribution in [-0.2, 0) is 13.0 Å². The summed E-state index contributed by atoms with van der Waals surface area (Å²) in [6, 6.07) is 18.9. The maximum atomic E-state index is 12.1. The molecule has 3 aromatic rings. The van der Waals surface area contributed by atoms with Gasteiger partial charge in [-0.1, -0.05) is 43.3 Å². The zero-order valence-corrected chi connectivity index (χ0v) is 15.1. The third kappa shape index (κ3) is 3.34. The number of nitrogens with zero attached hydrogens (tertiary/aromatic N) is 2. The van der Waals surface area contributed by atoms with Crippen LogP contribution in [-0.4, -0.2) is 28.8 Å². The van der Waals surface area contributed by atoms with Crippen molar-refractivity contribution >= 4 is 27.9 Å². The summed E-state index contributed by atoms with van der Waals surface area (Å²) in [7, 11) is 3.57. The fourth-order valence-electron chi connectivity index (χ4n) is 2.83. The molecule has 4 heteroatoms. The van der Waals surface area contributed by atoms with Crippen molar-refractivity contribution in [2.45, 2.75) is 24.8 Å². The van der Waals surface area contributed by atoms with Crippen LogP contribution in [0.15, 0.2) is 59.5 Å². The number of carbonyl (C=O) groups excluding carboxylic acids is 1. The molecule has 3 rings (SSSR count). The molecular weight excluding hydrogens is 316 g/mol. The Morgan fingerprint density at radius 2 is 1.83 bits per heavy atom. The van der Waals surface area contributed by atoms with Gasteiger partial charge in [-0.05, 0) is 41.9 Å². The molecule has 1 amide bonds. The summed E-state index contributed by atoms with van der Waals surface area (Å²) in [5, 5.41) is 1.21. The molecule has 124 valence electrons. The van der Waals surface area contributed by atoms with Gasteiger partial charge in [0.25, 0.3) is 5.24 Å². The van der Waals surface area contributed by atoms with Crippen LogP contribution in [0.4, 0.5) is 4.79 Å². The highest BCUT2D eigenvalue weighted by molar-refractivity contribution is 8.13. The van der Waals surface area contributed by atoms with E-state index >= 15 is 0 Å². The maximum absolute atomic E-state index is 12.1. The van der Waals surface area contributed by atoms with Gasteiger partial charge in [-0.3, -0.25) is 4.79 Å². The van der Waals surface area contributed by atoms with Crippen molar-refractivity contribution in [2.24, 2.45) is 0 Å². The van der Waals surface area contributed by atoms with Crippen LogP contribution < -0.4 is 0 Å². The first kappa shape index (κ1) is 16.7. The fraction of sp³-hybridized carbons (Fsp3) is 0.250. The molecule has 0 aliphatic carbocycles. The van der Waals surface area contributed by atoms with Gasteiger partial charge in [0, 0.05) is 42.1 Å². The number of carbonyl (C=O) groups is 1. The highest BCUT2D eigenvalue weighted by atomic mass is 32.2. The van der Waals surface area contributed by atoms with Crippen molar-refractivity contribution in [1.29, 1.82) is 0 Å². The predicted octanol–water partition coefficient (Wildman–Crippen LogP) is 5.03. The summed E-state index contributed by atoms with van der Waals surface area (Å²) in [6.07, 6.45) is 0.966. The van der Waals surface area contributed by atoms with Gasteiger partial charge in [0.05, 0.1) is 0 Å². The van der Waals surface area contributed by atoms with Crippen molar-refractivity contribution in [1.82, 2.24) is 9.47 Å². The molecule has 0 spiro atoms. The summed E-state index contributed by atoms with van der Waals surface area (Å²) < 4.78 is 2.36. The fourth-order valence-corrected chi connectivity index (χ4v) is 3.62.